The average Bonchev–Trinajstić information content (AvgIpc) is 1.96. The van der Waals surface area contributed by atoms with Gasteiger partial charge in [-0.25, -0.2) is 4.98 Å². The molecular formula is C9H14BrN3O2S. The summed E-state index contributed by atoms with van der Waals surface area (Å²) in [6.45, 7) is 5.29. The highest BCUT2D eigenvalue weighted by atomic mass is 79.9. The second-order valence-electron chi connectivity index (χ2n) is 4.30. The molecule has 1 heterocycles. The number of rotatable bonds is 3. The fraction of sp³-hybridized carbons (Fsp3) is 0.444. The summed E-state index contributed by atoms with van der Waals surface area (Å²) >= 11 is 3.16. The van der Waals surface area contributed by atoms with E-state index in [1.54, 1.807) is 39.0 Å². The summed E-state index contributed by atoms with van der Waals surface area (Å²) in [7, 11) is -3.59. The quantitative estimate of drug-likeness (QED) is 0.838. The van der Waals surface area contributed by atoms with Crippen LogP contribution in [0.25, 0.3) is 0 Å². The van der Waals surface area contributed by atoms with Crippen LogP contribution in [-0.2, 0) is 10.2 Å². The molecule has 0 aliphatic heterocycles. The second-order valence-corrected chi connectivity index (χ2v) is 6.53. The molecule has 0 aliphatic carbocycles. The molecular weight excluding hydrogens is 294 g/mol. The molecule has 0 atom stereocenters. The molecule has 0 fully saturated rings. The predicted octanol–water partition coefficient (Wildman–Crippen LogP) is 1.89. The molecule has 5 nitrogen and oxygen atoms in total. The molecule has 0 saturated heterocycles. The molecule has 0 unspecified atom stereocenters. The number of anilines is 1. The van der Waals surface area contributed by atoms with E-state index in [1.165, 1.54) is 0 Å². The first kappa shape index (κ1) is 13.4. The Balaban J connectivity index is 2.81. The van der Waals surface area contributed by atoms with Gasteiger partial charge in [-0.15, -0.1) is 0 Å². The number of nitrogens with zero attached hydrogens (tertiary/aromatic N) is 1. The third-order valence-corrected chi connectivity index (χ3v) is 3.20. The Bertz CT molecular complexity index is 468. The van der Waals surface area contributed by atoms with E-state index in [4.69, 9.17) is 0 Å². The lowest BCUT2D eigenvalue weighted by atomic mass is 10.1. The Hall–Kier alpha value is -0.660. The molecule has 16 heavy (non-hydrogen) atoms. The highest BCUT2D eigenvalue weighted by Gasteiger charge is 2.19. The minimum atomic E-state index is -3.59. The topological polar surface area (TPSA) is 71.1 Å². The summed E-state index contributed by atoms with van der Waals surface area (Å²) in [6.07, 6.45) is 0. The van der Waals surface area contributed by atoms with Crippen molar-refractivity contribution < 1.29 is 8.42 Å². The molecule has 0 bridgehead atoms. The van der Waals surface area contributed by atoms with Gasteiger partial charge in [0, 0.05) is 5.54 Å². The van der Waals surface area contributed by atoms with E-state index in [0.717, 1.165) is 0 Å². The van der Waals surface area contributed by atoms with Gasteiger partial charge < -0.3 is 0 Å². The number of nitrogens with one attached hydrogen (secondary N) is 2. The largest absolute Gasteiger partial charge is 0.300 e. The first-order chi connectivity index (χ1) is 7.18. The molecule has 1 rings (SSSR count). The number of hydrogen-bond acceptors (Lipinski definition) is 3. The molecule has 0 radical (unpaired) electrons. The van der Waals surface area contributed by atoms with Crippen molar-refractivity contribution >= 4 is 32.0 Å². The predicted molar refractivity (Wildman–Crippen MR) is 67.4 cm³/mol. The van der Waals surface area contributed by atoms with Gasteiger partial charge in [0.1, 0.15) is 10.4 Å². The average molecular weight is 308 g/mol. The number of aromatic nitrogens is 1. The summed E-state index contributed by atoms with van der Waals surface area (Å²) in [5.41, 5.74) is -0.530. The van der Waals surface area contributed by atoms with Crippen LogP contribution in [0.1, 0.15) is 20.8 Å². The van der Waals surface area contributed by atoms with E-state index in [1.807, 2.05) is 0 Å². The van der Waals surface area contributed by atoms with Gasteiger partial charge in [0.15, 0.2) is 0 Å². The van der Waals surface area contributed by atoms with Crippen LogP contribution in [0, 0.1) is 0 Å². The summed E-state index contributed by atoms with van der Waals surface area (Å²) in [4.78, 5) is 3.97. The van der Waals surface area contributed by atoms with Crippen LogP contribution in [0.5, 0.6) is 0 Å². The van der Waals surface area contributed by atoms with Crippen LogP contribution >= 0.6 is 15.9 Å². The van der Waals surface area contributed by atoms with Crippen molar-refractivity contribution in [1.82, 2.24) is 9.71 Å². The van der Waals surface area contributed by atoms with Crippen LogP contribution in [0.4, 0.5) is 5.82 Å². The Morgan fingerprint density at radius 2 is 1.94 bits per heavy atom. The number of hydrogen-bond donors (Lipinski definition) is 2. The van der Waals surface area contributed by atoms with Crippen molar-refractivity contribution in [2.75, 3.05) is 4.72 Å². The van der Waals surface area contributed by atoms with Gasteiger partial charge in [0.25, 0.3) is 0 Å². The van der Waals surface area contributed by atoms with Crippen LogP contribution < -0.4 is 9.44 Å². The molecule has 90 valence electrons. The van der Waals surface area contributed by atoms with E-state index in [9.17, 15) is 8.42 Å². The molecule has 1 aromatic heterocycles. The highest BCUT2D eigenvalue weighted by molar-refractivity contribution is 9.10. The lowest BCUT2D eigenvalue weighted by Gasteiger charge is -2.20. The van der Waals surface area contributed by atoms with E-state index in [-0.39, 0.29) is 5.82 Å². The Morgan fingerprint density at radius 3 is 2.44 bits per heavy atom. The van der Waals surface area contributed by atoms with E-state index >= 15 is 0 Å². The van der Waals surface area contributed by atoms with Crippen molar-refractivity contribution in [2.45, 2.75) is 26.3 Å². The van der Waals surface area contributed by atoms with Crippen LogP contribution in [0.2, 0.25) is 0 Å². The molecule has 0 amide bonds. The van der Waals surface area contributed by atoms with Gasteiger partial charge in [0.2, 0.25) is 0 Å². The van der Waals surface area contributed by atoms with Gasteiger partial charge in [-0.05, 0) is 48.8 Å². The van der Waals surface area contributed by atoms with E-state index < -0.39 is 15.7 Å². The lowest BCUT2D eigenvalue weighted by Crippen LogP contribution is -2.43. The standard InChI is InChI=1S/C9H14BrN3O2S/c1-9(2,3)13-16(14,15)12-8-6-4-5-7(10)11-8/h4-6,13H,1-3H3,(H,11,12). The third-order valence-electron chi connectivity index (χ3n) is 1.39. The smallest absolute Gasteiger partial charge is 0.255 e. The molecule has 0 aromatic carbocycles. The SMILES string of the molecule is CC(C)(C)NS(=O)(=O)Nc1cccc(Br)n1. The maximum absolute atomic E-state index is 11.6. The summed E-state index contributed by atoms with van der Waals surface area (Å²) in [5.74, 6) is 0.270. The van der Waals surface area contributed by atoms with E-state index in [2.05, 4.69) is 30.4 Å². The Labute approximate surface area is 104 Å². The monoisotopic (exact) mass is 307 g/mol. The second kappa shape index (κ2) is 4.68. The molecule has 7 heteroatoms. The van der Waals surface area contributed by atoms with Gasteiger partial charge in [0.05, 0.1) is 0 Å². The number of pyridine rings is 1. The molecule has 0 aliphatic rings. The molecule has 2 N–H and O–H groups in total. The number of halogens is 1. The fourth-order valence-corrected chi connectivity index (χ4v) is 2.62. The zero-order valence-corrected chi connectivity index (χ0v) is 11.7. The lowest BCUT2D eigenvalue weighted by molar-refractivity contribution is 0.494. The van der Waals surface area contributed by atoms with Crippen molar-refractivity contribution in [1.29, 1.82) is 0 Å². The fourth-order valence-electron chi connectivity index (χ4n) is 1.03. The summed E-state index contributed by atoms with van der Waals surface area (Å²) < 4.78 is 28.7. The molecule has 0 spiro atoms. The maximum Gasteiger partial charge on any atom is 0.300 e. The van der Waals surface area contributed by atoms with Crippen molar-refractivity contribution in [2.24, 2.45) is 0 Å². The highest BCUT2D eigenvalue weighted by Crippen LogP contribution is 2.12. The maximum atomic E-state index is 11.6. The van der Waals surface area contributed by atoms with Crippen LogP contribution in [0.3, 0.4) is 0 Å². The zero-order valence-electron chi connectivity index (χ0n) is 9.28. The first-order valence-corrected chi connectivity index (χ1v) is 6.90. The molecule has 1 aromatic rings. The van der Waals surface area contributed by atoms with Gasteiger partial charge in [-0.3, -0.25) is 4.72 Å². The van der Waals surface area contributed by atoms with Crippen molar-refractivity contribution in [3.05, 3.63) is 22.8 Å². The van der Waals surface area contributed by atoms with Crippen molar-refractivity contribution in [3.63, 3.8) is 0 Å². The Morgan fingerprint density at radius 1 is 1.31 bits per heavy atom. The normalized spacial score (nSPS) is 12.5. The first-order valence-electron chi connectivity index (χ1n) is 4.62. The molecule has 0 saturated carbocycles. The van der Waals surface area contributed by atoms with Crippen LogP contribution in [0.15, 0.2) is 22.8 Å². The van der Waals surface area contributed by atoms with E-state index in [0.29, 0.717) is 4.60 Å². The minimum absolute atomic E-state index is 0.270. The van der Waals surface area contributed by atoms with Crippen molar-refractivity contribution in [3.8, 4) is 0 Å². The third kappa shape index (κ3) is 4.91. The van der Waals surface area contributed by atoms with Gasteiger partial charge in [-0.2, -0.15) is 13.1 Å². The summed E-state index contributed by atoms with van der Waals surface area (Å²) in [5, 5.41) is 0. The Kier molecular flexibility index (Phi) is 3.92. The van der Waals surface area contributed by atoms with Gasteiger partial charge >= 0.3 is 10.2 Å². The minimum Gasteiger partial charge on any atom is -0.255 e. The van der Waals surface area contributed by atoms with Gasteiger partial charge in [-0.1, -0.05) is 6.07 Å². The summed E-state index contributed by atoms with van der Waals surface area (Å²) in [6, 6.07) is 4.99. The zero-order chi connectivity index (χ0) is 12.4. The van der Waals surface area contributed by atoms with Crippen LogP contribution in [-0.4, -0.2) is 18.9 Å².